The van der Waals surface area contributed by atoms with Gasteiger partial charge in [-0.2, -0.15) is 0 Å². The first-order valence-corrected chi connectivity index (χ1v) is 5.68. The largest absolute Gasteiger partial charge is 0.320 e. The molecule has 0 spiro atoms. The van der Waals surface area contributed by atoms with E-state index < -0.39 is 5.82 Å². The predicted molar refractivity (Wildman–Crippen MR) is 69.9 cm³/mol. The van der Waals surface area contributed by atoms with Crippen LogP contribution in [0, 0.1) is 17.7 Å². The van der Waals surface area contributed by atoms with Crippen LogP contribution in [0.25, 0.3) is 0 Å². The maximum absolute atomic E-state index is 13.9. The van der Waals surface area contributed by atoms with E-state index in [1.54, 1.807) is 12.1 Å². The molecule has 96 valence electrons. The molecule has 0 amide bonds. The lowest BCUT2D eigenvalue weighted by molar-refractivity contribution is 0.594. The monoisotopic (exact) mass is 257 g/mol. The highest BCUT2D eigenvalue weighted by atomic mass is 19.1. The quantitative estimate of drug-likeness (QED) is 0.807. The van der Waals surface area contributed by atoms with E-state index in [9.17, 15) is 9.18 Å². The Bertz CT molecular complexity index is 698. The summed E-state index contributed by atoms with van der Waals surface area (Å²) in [6.07, 6.45) is 2.78. The van der Waals surface area contributed by atoms with Gasteiger partial charge in [0.25, 0.3) is 5.56 Å². The van der Waals surface area contributed by atoms with Crippen LogP contribution in [0.15, 0.2) is 41.6 Å². The van der Waals surface area contributed by atoms with Crippen molar-refractivity contribution in [3.8, 4) is 11.8 Å². The predicted octanol–water partition coefficient (Wildman–Crippen LogP) is 0.741. The van der Waals surface area contributed by atoms with E-state index in [2.05, 4.69) is 16.8 Å². The second-order valence-electron chi connectivity index (χ2n) is 3.86. The summed E-state index contributed by atoms with van der Waals surface area (Å²) in [6.45, 7) is 0.373. The molecule has 2 rings (SSSR count). The number of hydrogen-bond donors (Lipinski definition) is 1. The number of aromatic nitrogens is 2. The van der Waals surface area contributed by atoms with Crippen molar-refractivity contribution < 1.29 is 4.39 Å². The highest BCUT2D eigenvalue weighted by Gasteiger charge is 2.04. The molecule has 0 saturated heterocycles. The van der Waals surface area contributed by atoms with Gasteiger partial charge in [0, 0.05) is 23.4 Å². The van der Waals surface area contributed by atoms with Gasteiger partial charge in [0.15, 0.2) is 0 Å². The smallest absolute Gasteiger partial charge is 0.253 e. The van der Waals surface area contributed by atoms with Crippen LogP contribution < -0.4 is 11.3 Å². The Morgan fingerprint density at radius 1 is 1.37 bits per heavy atom. The summed E-state index contributed by atoms with van der Waals surface area (Å²) in [4.78, 5) is 15.3. The molecule has 4 nitrogen and oxygen atoms in total. The van der Waals surface area contributed by atoms with Gasteiger partial charge in [-0.1, -0.05) is 17.9 Å². The first-order chi connectivity index (χ1) is 9.20. The Hall–Kier alpha value is -2.45. The van der Waals surface area contributed by atoms with Gasteiger partial charge in [-0.15, -0.1) is 0 Å². The summed E-state index contributed by atoms with van der Waals surface area (Å²) in [5.41, 5.74) is 6.00. The molecule has 0 atom stereocenters. The van der Waals surface area contributed by atoms with E-state index in [1.807, 2.05) is 0 Å². The lowest BCUT2D eigenvalue weighted by Gasteiger charge is -2.06. The molecule has 0 unspecified atom stereocenters. The fraction of sp³-hybridized carbons (Fsp3) is 0.143. The molecule has 1 heterocycles. The summed E-state index contributed by atoms with van der Waals surface area (Å²) >= 11 is 0. The molecule has 0 radical (unpaired) electrons. The van der Waals surface area contributed by atoms with Gasteiger partial charge in [0.2, 0.25) is 0 Å². The topological polar surface area (TPSA) is 60.9 Å². The number of hydrogen-bond acceptors (Lipinski definition) is 3. The minimum atomic E-state index is -0.403. The number of nitrogens with zero attached hydrogens (tertiary/aromatic N) is 2. The number of benzene rings is 1. The maximum atomic E-state index is 13.9. The summed E-state index contributed by atoms with van der Waals surface area (Å²) < 4.78 is 15.2. The van der Waals surface area contributed by atoms with Crippen molar-refractivity contribution in [1.82, 2.24) is 9.55 Å². The summed E-state index contributed by atoms with van der Waals surface area (Å²) in [6, 6.07) is 5.97. The van der Waals surface area contributed by atoms with Crippen LogP contribution >= 0.6 is 0 Å². The Kier molecular flexibility index (Phi) is 4.06. The minimum Gasteiger partial charge on any atom is -0.320 e. The Morgan fingerprint density at radius 3 is 2.89 bits per heavy atom. The zero-order valence-electron chi connectivity index (χ0n) is 10.1. The van der Waals surface area contributed by atoms with Crippen molar-refractivity contribution in [2.45, 2.75) is 6.54 Å². The van der Waals surface area contributed by atoms with Gasteiger partial charge in [0.05, 0.1) is 19.4 Å². The summed E-state index contributed by atoms with van der Waals surface area (Å²) in [5, 5.41) is 0. The fourth-order valence-corrected chi connectivity index (χ4v) is 1.59. The van der Waals surface area contributed by atoms with Gasteiger partial charge < -0.3 is 5.73 Å². The van der Waals surface area contributed by atoms with Crippen LogP contribution in [0.5, 0.6) is 0 Å². The zero-order chi connectivity index (χ0) is 13.7. The van der Waals surface area contributed by atoms with Crippen molar-refractivity contribution in [2.24, 2.45) is 5.73 Å². The second kappa shape index (κ2) is 5.94. The summed E-state index contributed by atoms with van der Waals surface area (Å²) in [5.74, 6) is 5.00. The van der Waals surface area contributed by atoms with Crippen LogP contribution in [0.4, 0.5) is 4.39 Å². The van der Waals surface area contributed by atoms with Crippen LogP contribution in [-0.2, 0) is 6.54 Å². The lowest BCUT2D eigenvalue weighted by atomic mass is 10.1. The lowest BCUT2D eigenvalue weighted by Crippen LogP contribution is -2.19. The minimum absolute atomic E-state index is 0.142. The molecule has 0 bridgehead atoms. The van der Waals surface area contributed by atoms with Crippen LogP contribution in [-0.4, -0.2) is 16.1 Å². The average Bonchev–Trinajstić information content (AvgIpc) is 2.41. The molecular weight excluding hydrogens is 245 g/mol. The van der Waals surface area contributed by atoms with Gasteiger partial charge in [-0.25, -0.2) is 9.37 Å². The van der Waals surface area contributed by atoms with E-state index in [-0.39, 0.29) is 18.6 Å². The number of rotatable bonds is 2. The Balaban J connectivity index is 2.27. The van der Waals surface area contributed by atoms with Crippen LogP contribution in [0.1, 0.15) is 11.1 Å². The van der Waals surface area contributed by atoms with Crippen molar-refractivity contribution in [1.29, 1.82) is 0 Å². The van der Waals surface area contributed by atoms with Crippen molar-refractivity contribution in [3.63, 3.8) is 0 Å². The summed E-state index contributed by atoms with van der Waals surface area (Å²) in [7, 11) is 0. The van der Waals surface area contributed by atoms with Gasteiger partial charge >= 0.3 is 0 Å². The van der Waals surface area contributed by atoms with E-state index in [4.69, 9.17) is 5.73 Å². The molecule has 0 aliphatic carbocycles. The first kappa shape index (κ1) is 13.0. The van der Waals surface area contributed by atoms with Crippen LogP contribution in [0.2, 0.25) is 0 Å². The molecule has 0 saturated carbocycles. The number of nitrogens with two attached hydrogens (primary N) is 1. The zero-order valence-corrected chi connectivity index (χ0v) is 10.1. The second-order valence-corrected chi connectivity index (χ2v) is 3.86. The molecule has 0 fully saturated rings. The normalized spacial score (nSPS) is 9.79. The maximum Gasteiger partial charge on any atom is 0.253 e. The average molecular weight is 257 g/mol. The van der Waals surface area contributed by atoms with E-state index in [0.717, 1.165) is 0 Å². The molecule has 2 N–H and O–H groups in total. The third kappa shape index (κ3) is 3.27. The highest BCUT2D eigenvalue weighted by molar-refractivity contribution is 5.37. The van der Waals surface area contributed by atoms with Gasteiger partial charge in [-0.3, -0.25) is 9.36 Å². The van der Waals surface area contributed by atoms with E-state index >= 15 is 0 Å². The molecule has 2 aromatic rings. The molecule has 0 aliphatic rings. The standard InChI is InChI=1S/C14H12FN3O/c15-13-8-11(2-1-6-16)3-4-12(13)9-18-10-17-7-5-14(18)19/h3-5,7-8,10H,6,9,16H2. The molecule has 19 heavy (non-hydrogen) atoms. The van der Waals surface area contributed by atoms with Crippen molar-refractivity contribution >= 4 is 0 Å². The third-order valence-electron chi connectivity index (χ3n) is 2.52. The van der Waals surface area contributed by atoms with E-state index in [0.29, 0.717) is 11.1 Å². The highest BCUT2D eigenvalue weighted by Crippen LogP contribution is 2.10. The molecule has 1 aromatic carbocycles. The fourth-order valence-electron chi connectivity index (χ4n) is 1.59. The molecular formula is C14H12FN3O. The first-order valence-electron chi connectivity index (χ1n) is 5.68. The number of halogens is 1. The molecule has 1 aromatic heterocycles. The molecule has 5 heteroatoms. The molecule has 0 aliphatic heterocycles. The van der Waals surface area contributed by atoms with E-state index in [1.165, 1.54) is 29.2 Å². The van der Waals surface area contributed by atoms with Gasteiger partial charge in [-0.05, 0) is 12.1 Å². The van der Waals surface area contributed by atoms with Crippen molar-refractivity contribution in [3.05, 3.63) is 64.1 Å². The third-order valence-corrected chi connectivity index (χ3v) is 2.52. The SMILES string of the molecule is NCC#Cc1ccc(Cn2cnccc2=O)c(F)c1. The van der Waals surface area contributed by atoms with Crippen LogP contribution in [0.3, 0.4) is 0 Å². The van der Waals surface area contributed by atoms with Crippen molar-refractivity contribution in [2.75, 3.05) is 6.54 Å². The Labute approximate surface area is 109 Å². The Morgan fingerprint density at radius 2 is 2.21 bits per heavy atom. The van der Waals surface area contributed by atoms with Gasteiger partial charge in [0.1, 0.15) is 5.82 Å².